The molecule has 4 aliphatic rings. The first-order chi connectivity index (χ1) is 15.4. The quantitative estimate of drug-likeness (QED) is 0.545. The van der Waals surface area contributed by atoms with Crippen LogP contribution in [0.4, 0.5) is 5.13 Å². The Labute approximate surface area is 194 Å². The molecule has 7 nitrogen and oxygen atoms in total. The number of rotatable bonds is 4. The SMILES string of the molecule is CCn1c(=S)[nH]c2cc(C(=O)Nc3nnc(C45CC6CC(CC(C6)C4)C5)s3)ccc2c1=O. The zero-order chi connectivity index (χ0) is 22.0. The van der Waals surface area contributed by atoms with Gasteiger partial charge in [-0.05, 0) is 93.6 Å². The van der Waals surface area contributed by atoms with E-state index >= 15 is 0 Å². The van der Waals surface area contributed by atoms with E-state index in [-0.39, 0.29) is 16.9 Å². The van der Waals surface area contributed by atoms with Crippen LogP contribution in [-0.4, -0.2) is 25.7 Å². The normalized spacial score (nSPS) is 28.3. The Kier molecular flexibility index (Phi) is 4.62. The predicted octanol–water partition coefficient (Wildman–Crippen LogP) is 4.65. The van der Waals surface area contributed by atoms with Gasteiger partial charge in [-0.2, -0.15) is 0 Å². The molecule has 32 heavy (non-hydrogen) atoms. The number of aromatic amines is 1. The van der Waals surface area contributed by atoms with Crippen LogP contribution in [0.5, 0.6) is 0 Å². The molecule has 7 rings (SSSR count). The van der Waals surface area contributed by atoms with Crippen LogP contribution in [0.3, 0.4) is 0 Å². The van der Waals surface area contributed by atoms with E-state index in [0.29, 0.717) is 32.9 Å². The third-order valence-corrected chi connectivity index (χ3v) is 9.11. The molecule has 0 spiro atoms. The van der Waals surface area contributed by atoms with Gasteiger partial charge in [0.2, 0.25) is 5.13 Å². The average Bonchev–Trinajstić information content (AvgIpc) is 3.22. The molecule has 166 valence electrons. The Balaban J connectivity index is 1.25. The topological polar surface area (TPSA) is 92.7 Å². The van der Waals surface area contributed by atoms with Crippen molar-refractivity contribution in [3.05, 3.63) is 43.9 Å². The summed E-state index contributed by atoms with van der Waals surface area (Å²) in [6, 6.07) is 5.00. The van der Waals surface area contributed by atoms with E-state index in [1.54, 1.807) is 18.2 Å². The first-order valence-electron chi connectivity index (χ1n) is 11.4. The van der Waals surface area contributed by atoms with Gasteiger partial charge in [-0.15, -0.1) is 10.2 Å². The Hall–Kier alpha value is -2.39. The van der Waals surface area contributed by atoms with Crippen LogP contribution in [0, 0.1) is 22.5 Å². The van der Waals surface area contributed by atoms with Crippen molar-refractivity contribution in [1.82, 2.24) is 19.7 Å². The maximum absolute atomic E-state index is 12.9. The van der Waals surface area contributed by atoms with Gasteiger partial charge >= 0.3 is 0 Å². The van der Waals surface area contributed by atoms with Gasteiger partial charge in [0.1, 0.15) is 5.01 Å². The number of aromatic nitrogens is 4. The van der Waals surface area contributed by atoms with Crippen molar-refractivity contribution < 1.29 is 4.79 Å². The minimum atomic E-state index is -0.265. The maximum Gasteiger partial charge on any atom is 0.262 e. The number of carbonyl (C=O) groups is 1. The summed E-state index contributed by atoms with van der Waals surface area (Å²) in [7, 11) is 0. The van der Waals surface area contributed by atoms with Crippen molar-refractivity contribution in [2.45, 2.75) is 57.4 Å². The summed E-state index contributed by atoms with van der Waals surface area (Å²) in [4.78, 5) is 28.5. The lowest BCUT2D eigenvalue weighted by Crippen LogP contribution is -2.48. The van der Waals surface area contributed by atoms with E-state index in [1.165, 1.54) is 54.4 Å². The van der Waals surface area contributed by atoms with Gasteiger partial charge in [-0.3, -0.25) is 19.5 Å². The van der Waals surface area contributed by atoms with Crippen LogP contribution < -0.4 is 10.9 Å². The van der Waals surface area contributed by atoms with Gasteiger partial charge < -0.3 is 4.98 Å². The molecular formula is C23H25N5O2S2. The predicted molar refractivity (Wildman–Crippen MR) is 127 cm³/mol. The lowest BCUT2D eigenvalue weighted by molar-refractivity contribution is -0.00555. The molecule has 1 aromatic carbocycles. The molecule has 2 heterocycles. The maximum atomic E-state index is 12.9. The second-order valence-corrected chi connectivity index (χ2v) is 11.2. The van der Waals surface area contributed by atoms with Crippen LogP contribution in [0.2, 0.25) is 0 Å². The van der Waals surface area contributed by atoms with Crippen LogP contribution in [-0.2, 0) is 12.0 Å². The number of anilines is 1. The molecule has 2 aromatic heterocycles. The number of nitrogens with zero attached hydrogens (tertiary/aromatic N) is 3. The largest absolute Gasteiger partial charge is 0.332 e. The van der Waals surface area contributed by atoms with Crippen molar-refractivity contribution in [2.75, 3.05) is 5.32 Å². The second kappa shape index (κ2) is 7.31. The molecule has 0 aliphatic heterocycles. The van der Waals surface area contributed by atoms with Gasteiger partial charge in [0, 0.05) is 17.5 Å². The van der Waals surface area contributed by atoms with Crippen molar-refractivity contribution in [2.24, 2.45) is 17.8 Å². The third kappa shape index (κ3) is 3.16. The second-order valence-electron chi connectivity index (χ2n) is 9.80. The van der Waals surface area contributed by atoms with Gasteiger partial charge in [-0.25, -0.2) is 0 Å². The molecule has 0 unspecified atom stereocenters. The molecule has 0 atom stereocenters. The first kappa shape index (κ1) is 20.2. The Morgan fingerprint density at radius 1 is 1.22 bits per heavy atom. The summed E-state index contributed by atoms with van der Waals surface area (Å²) in [5.74, 6) is 2.25. The van der Waals surface area contributed by atoms with E-state index in [0.717, 1.165) is 22.8 Å². The van der Waals surface area contributed by atoms with E-state index in [2.05, 4.69) is 20.5 Å². The third-order valence-electron chi connectivity index (χ3n) is 7.70. The molecule has 4 aliphatic carbocycles. The van der Waals surface area contributed by atoms with E-state index in [4.69, 9.17) is 12.2 Å². The number of carbonyl (C=O) groups excluding carboxylic acids is 1. The fourth-order valence-electron chi connectivity index (χ4n) is 6.71. The highest BCUT2D eigenvalue weighted by atomic mass is 32.1. The highest BCUT2D eigenvalue weighted by Gasteiger charge is 2.53. The number of amides is 1. The van der Waals surface area contributed by atoms with Gasteiger partial charge in [0.25, 0.3) is 11.5 Å². The van der Waals surface area contributed by atoms with Crippen molar-refractivity contribution in [3.63, 3.8) is 0 Å². The Bertz CT molecular complexity index is 1320. The highest BCUT2D eigenvalue weighted by molar-refractivity contribution is 7.71. The van der Waals surface area contributed by atoms with Crippen LogP contribution >= 0.6 is 23.6 Å². The van der Waals surface area contributed by atoms with Crippen molar-refractivity contribution >= 4 is 45.5 Å². The number of benzene rings is 1. The molecule has 0 radical (unpaired) electrons. The molecule has 2 N–H and O–H groups in total. The van der Waals surface area contributed by atoms with Crippen LogP contribution in [0.1, 0.15) is 60.8 Å². The fraction of sp³-hybridized carbons (Fsp3) is 0.522. The fourth-order valence-corrected chi connectivity index (χ4v) is 7.99. The summed E-state index contributed by atoms with van der Waals surface area (Å²) in [6.45, 7) is 2.37. The summed E-state index contributed by atoms with van der Waals surface area (Å²) >= 11 is 6.81. The monoisotopic (exact) mass is 467 g/mol. The molecule has 4 bridgehead atoms. The lowest BCUT2D eigenvalue weighted by atomic mass is 9.50. The average molecular weight is 468 g/mol. The van der Waals surface area contributed by atoms with E-state index in [1.807, 2.05) is 6.92 Å². The lowest BCUT2D eigenvalue weighted by Gasteiger charge is -2.55. The Morgan fingerprint density at radius 2 is 1.91 bits per heavy atom. The standard InChI is InChI=1S/C23H25N5O2S2/c1-2-28-19(30)16-4-3-15(8-17(16)24-22(28)31)18(29)25-21-27-26-20(32-21)23-9-12-5-13(10-23)7-14(6-12)11-23/h3-4,8,12-14H,2,5-7,9-11H2,1H3,(H,24,31)(H,25,27,29). The van der Waals surface area contributed by atoms with E-state index < -0.39 is 0 Å². The molecule has 1 amide bonds. The summed E-state index contributed by atoms with van der Waals surface area (Å²) < 4.78 is 1.86. The number of hydrogen-bond acceptors (Lipinski definition) is 6. The zero-order valence-electron chi connectivity index (χ0n) is 17.9. The number of hydrogen-bond donors (Lipinski definition) is 2. The van der Waals surface area contributed by atoms with Crippen LogP contribution in [0.15, 0.2) is 23.0 Å². The van der Waals surface area contributed by atoms with E-state index in [9.17, 15) is 9.59 Å². The Morgan fingerprint density at radius 3 is 2.56 bits per heavy atom. The molecule has 9 heteroatoms. The molecular weight excluding hydrogens is 442 g/mol. The minimum absolute atomic E-state index is 0.150. The smallest absolute Gasteiger partial charge is 0.262 e. The number of H-pyrrole nitrogens is 1. The summed E-state index contributed by atoms with van der Waals surface area (Å²) in [5, 5.41) is 13.9. The molecule has 4 fully saturated rings. The molecule has 4 saturated carbocycles. The summed E-state index contributed by atoms with van der Waals surface area (Å²) in [6.07, 6.45) is 7.82. The highest BCUT2D eigenvalue weighted by Crippen LogP contribution is 2.61. The zero-order valence-corrected chi connectivity index (χ0v) is 19.5. The van der Waals surface area contributed by atoms with Gasteiger partial charge in [0.15, 0.2) is 4.77 Å². The van der Waals surface area contributed by atoms with Crippen molar-refractivity contribution in [3.8, 4) is 0 Å². The number of nitrogens with one attached hydrogen (secondary N) is 2. The van der Waals surface area contributed by atoms with Crippen LogP contribution in [0.25, 0.3) is 10.9 Å². The van der Waals surface area contributed by atoms with Crippen molar-refractivity contribution in [1.29, 1.82) is 0 Å². The van der Waals surface area contributed by atoms with Gasteiger partial charge in [-0.1, -0.05) is 11.3 Å². The number of fused-ring (bicyclic) bond motifs is 1. The molecule has 3 aromatic rings. The summed E-state index contributed by atoms with van der Waals surface area (Å²) in [5.41, 5.74) is 1.03. The first-order valence-corrected chi connectivity index (χ1v) is 12.6. The van der Waals surface area contributed by atoms with Gasteiger partial charge in [0.05, 0.1) is 10.9 Å². The molecule has 0 saturated heterocycles. The minimum Gasteiger partial charge on any atom is -0.332 e.